The standard InChI is InChI=1S/C25H32N4O4/c1-4-17-11-9-10-14-19(17)29-22(30)21-20(23(31)33-3)26-16-28(21)15-25(29,2)24(32)27-18-12-7-5-6-8-13-18/h9-11,14,16,18H,4-8,12-13,15H2,1-3H3,(H,27,32). The van der Waals surface area contributed by atoms with Gasteiger partial charge in [-0.1, -0.05) is 50.8 Å². The molecule has 0 spiro atoms. The number of hydrogen-bond acceptors (Lipinski definition) is 5. The zero-order chi connectivity index (χ0) is 23.6. The van der Waals surface area contributed by atoms with Crippen molar-refractivity contribution >= 4 is 23.5 Å². The van der Waals surface area contributed by atoms with Crippen LogP contribution in [0.4, 0.5) is 5.69 Å². The van der Waals surface area contributed by atoms with Crippen molar-refractivity contribution in [3.05, 3.63) is 47.5 Å². The number of aryl methyl sites for hydroxylation is 1. The number of esters is 1. The molecule has 1 aliphatic carbocycles. The van der Waals surface area contributed by atoms with E-state index in [9.17, 15) is 14.4 Å². The summed E-state index contributed by atoms with van der Waals surface area (Å²) in [6.45, 7) is 4.00. The number of rotatable bonds is 5. The number of carbonyl (C=O) groups is 3. The Morgan fingerprint density at radius 3 is 2.55 bits per heavy atom. The van der Waals surface area contributed by atoms with Crippen LogP contribution in [0.15, 0.2) is 30.6 Å². The van der Waals surface area contributed by atoms with Gasteiger partial charge in [0.1, 0.15) is 11.2 Å². The Balaban J connectivity index is 1.79. The lowest BCUT2D eigenvalue weighted by Crippen LogP contribution is -2.65. The lowest BCUT2D eigenvalue weighted by atomic mass is 9.91. The van der Waals surface area contributed by atoms with E-state index in [1.807, 2.05) is 31.2 Å². The maximum atomic E-state index is 13.9. The predicted octanol–water partition coefficient (Wildman–Crippen LogP) is 3.49. The van der Waals surface area contributed by atoms with Crippen LogP contribution in [0.1, 0.15) is 78.9 Å². The zero-order valence-electron chi connectivity index (χ0n) is 19.6. The molecule has 0 radical (unpaired) electrons. The molecule has 0 saturated heterocycles. The highest BCUT2D eigenvalue weighted by Crippen LogP contribution is 2.36. The van der Waals surface area contributed by atoms with Gasteiger partial charge in [-0.05, 0) is 37.8 Å². The van der Waals surface area contributed by atoms with Gasteiger partial charge in [-0.2, -0.15) is 0 Å². The largest absolute Gasteiger partial charge is 0.464 e. The summed E-state index contributed by atoms with van der Waals surface area (Å²) in [5.74, 6) is -1.29. The lowest BCUT2D eigenvalue weighted by Gasteiger charge is -2.44. The van der Waals surface area contributed by atoms with E-state index in [0.29, 0.717) is 12.1 Å². The van der Waals surface area contributed by atoms with E-state index in [-0.39, 0.29) is 29.9 Å². The molecule has 1 atom stereocenters. The minimum atomic E-state index is -1.18. The number of nitrogens with one attached hydrogen (secondary N) is 1. The minimum Gasteiger partial charge on any atom is -0.464 e. The minimum absolute atomic E-state index is 0.0345. The van der Waals surface area contributed by atoms with Gasteiger partial charge >= 0.3 is 5.97 Å². The van der Waals surface area contributed by atoms with Gasteiger partial charge in [0.25, 0.3) is 5.91 Å². The average molecular weight is 453 g/mol. The first-order valence-corrected chi connectivity index (χ1v) is 11.8. The van der Waals surface area contributed by atoms with Gasteiger partial charge in [0, 0.05) is 11.7 Å². The number of aromatic nitrogens is 2. The van der Waals surface area contributed by atoms with Gasteiger partial charge in [-0.25, -0.2) is 9.78 Å². The average Bonchev–Trinajstić information content (AvgIpc) is 3.07. The number of imidazole rings is 1. The number of carbonyl (C=O) groups excluding carboxylic acids is 3. The van der Waals surface area contributed by atoms with Crippen molar-refractivity contribution < 1.29 is 19.1 Å². The highest BCUT2D eigenvalue weighted by molar-refractivity contribution is 6.15. The van der Waals surface area contributed by atoms with Crippen molar-refractivity contribution in [1.82, 2.24) is 14.9 Å². The van der Waals surface area contributed by atoms with E-state index in [1.54, 1.807) is 16.4 Å². The molecule has 8 nitrogen and oxygen atoms in total. The Morgan fingerprint density at radius 1 is 1.18 bits per heavy atom. The summed E-state index contributed by atoms with van der Waals surface area (Å²) in [6, 6.07) is 7.70. The van der Waals surface area contributed by atoms with E-state index in [2.05, 4.69) is 10.3 Å². The number of benzene rings is 1. The van der Waals surface area contributed by atoms with Crippen molar-refractivity contribution in [2.75, 3.05) is 12.0 Å². The third-order valence-corrected chi connectivity index (χ3v) is 6.89. The van der Waals surface area contributed by atoms with Crippen LogP contribution in [0.3, 0.4) is 0 Å². The summed E-state index contributed by atoms with van der Waals surface area (Å²) in [4.78, 5) is 45.7. The number of ether oxygens (including phenoxy) is 1. The van der Waals surface area contributed by atoms with E-state index >= 15 is 0 Å². The number of para-hydroxylation sites is 1. The Hall–Kier alpha value is -3.16. The van der Waals surface area contributed by atoms with Crippen LogP contribution in [0.2, 0.25) is 0 Å². The van der Waals surface area contributed by atoms with Crippen LogP contribution in [0.25, 0.3) is 0 Å². The van der Waals surface area contributed by atoms with E-state index in [0.717, 1.165) is 31.2 Å². The molecule has 2 aliphatic rings. The summed E-state index contributed by atoms with van der Waals surface area (Å²) in [7, 11) is 1.26. The first-order valence-electron chi connectivity index (χ1n) is 11.8. The normalized spacial score (nSPS) is 21.3. The molecule has 1 saturated carbocycles. The SMILES string of the molecule is CCc1ccccc1N1C(=O)c2c(C(=O)OC)ncn2CC1(C)C(=O)NC1CCCCCC1. The monoisotopic (exact) mass is 452 g/mol. The summed E-state index contributed by atoms with van der Waals surface area (Å²) >= 11 is 0. The highest BCUT2D eigenvalue weighted by Gasteiger charge is 2.50. The molecule has 4 rings (SSSR count). The van der Waals surface area contributed by atoms with Crippen LogP contribution in [0, 0.1) is 0 Å². The summed E-state index contributed by atoms with van der Waals surface area (Å²) in [6.07, 6.45) is 8.60. The fourth-order valence-electron chi connectivity index (χ4n) is 5.05. The molecule has 8 heteroatoms. The third kappa shape index (κ3) is 4.14. The zero-order valence-corrected chi connectivity index (χ0v) is 19.6. The second kappa shape index (κ2) is 9.37. The Labute approximate surface area is 194 Å². The van der Waals surface area contributed by atoms with E-state index in [1.165, 1.54) is 26.3 Å². The molecule has 1 N–H and O–H groups in total. The van der Waals surface area contributed by atoms with Crippen LogP contribution in [-0.4, -0.2) is 46.0 Å². The van der Waals surface area contributed by atoms with E-state index in [4.69, 9.17) is 4.74 Å². The van der Waals surface area contributed by atoms with Gasteiger partial charge in [0.05, 0.1) is 20.0 Å². The number of methoxy groups -OCH3 is 1. The number of amides is 2. The van der Waals surface area contributed by atoms with Crippen molar-refractivity contribution in [2.24, 2.45) is 0 Å². The van der Waals surface area contributed by atoms with Gasteiger partial charge < -0.3 is 14.6 Å². The van der Waals surface area contributed by atoms with Crippen molar-refractivity contribution in [3.8, 4) is 0 Å². The van der Waals surface area contributed by atoms with Crippen LogP contribution >= 0.6 is 0 Å². The number of hydrogen-bond donors (Lipinski definition) is 1. The first kappa shape index (κ1) is 23.0. The molecule has 33 heavy (non-hydrogen) atoms. The quantitative estimate of drug-likeness (QED) is 0.554. The summed E-state index contributed by atoms with van der Waals surface area (Å²) in [5.41, 5.74) is 0.550. The second-order valence-electron chi connectivity index (χ2n) is 9.12. The Bertz CT molecular complexity index is 1050. The molecule has 176 valence electrons. The fourth-order valence-corrected chi connectivity index (χ4v) is 5.05. The second-order valence-corrected chi connectivity index (χ2v) is 9.12. The third-order valence-electron chi connectivity index (χ3n) is 6.89. The molecule has 1 fully saturated rings. The van der Waals surface area contributed by atoms with Crippen molar-refractivity contribution in [3.63, 3.8) is 0 Å². The molecule has 1 aromatic heterocycles. The number of anilines is 1. The van der Waals surface area contributed by atoms with Crippen LogP contribution in [0.5, 0.6) is 0 Å². The molecular weight excluding hydrogens is 420 g/mol. The van der Waals surface area contributed by atoms with Gasteiger partial charge in [0.2, 0.25) is 5.91 Å². The maximum Gasteiger partial charge on any atom is 0.359 e. The van der Waals surface area contributed by atoms with Gasteiger partial charge in [-0.3, -0.25) is 14.5 Å². The smallest absolute Gasteiger partial charge is 0.359 e. The number of fused-ring (bicyclic) bond motifs is 1. The molecule has 0 bridgehead atoms. The molecule has 2 amide bonds. The molecule has 1 aromatic carbocycles. The summed E-state index contributed by atoms with van der Waals surface area (Å²) < 4.78 is 6.45. The van der Waals surface area contributed by atoms with Crippen molar-refractivity contribution in [2.45, 2.75) is 76.9 Å². The molecule has 2 aromatic rings. The Morgan fingerprint density at radius 2 is 1.88 bits per heavy atom. The number of nitrogens with zero attached hydrogens (tertiary/aromatic N) is 3. The van der Waals surface area contributed by atoms with Gasteiger partial charge in [0.15, 0.2) is 5.69 Å². The van der Waals surface area contributed by atoms with Gasteiger partial charge in [-0.15, -0.1) is 0 Å². The molecular formula is C25H32N4O4. The molecule has 1 unspecified atom stereocenters. The first-order chi connectivity index (χ1) is 15.9. The summed E-state index contributed by atoms with van der Waals surface area (Å²) in [5, 5.41) is 3.24. The highest BCUT2D eigenvalue weighted by atomic mass is 16.5. The maximum absolute atomic E-state index is 13.9. The van der Waals surface area contributed by atoms with Crippen LogP contribution in [-0.2, 0) is 22.5 Å². The molecule has 1 aliphatic heterocycles. The topological polar surface area (TPSA) is 93.5 Å². The predicted molar refractivity (Wildman–Crippen MR) is 124 cm³/mol. The van der Waals surface area contributed by atoms with Crippen LogP contribution < -0.4 is 10.2 Å². The Kier molecular flexibility index (Phi) is 6.54. The lowest BCUT2D eigenvalue weighted by molar-refractivity contribution is -0.127. The fraction of sp³-hybridized carbons (Fsp3) is 0.520. The molecule has 2 heterocycles. The van der Waals surface area contributed by atoms with Crippen molar-refractivity contribution in [1.29, 1.82) is 0 Å². The van der Waals surface area contributed by atoms with E-state index < -0.39 is 17.4 Å².